The molecule has 0 bridgehead atoms. The Bertz CT molecular complexity index is 557. The molecule has 0 spiro atoms. The molecule has 0 saturated heterocycles. The second kappa shape index (κ2) is 5.59. The van der Waals surface area contributed by atoms with Crippen molar-refractivity contribution in [1.82, 2.24) is 10.3 Å². The van der Waals surface area contributed by atoms with E-state index in [2.05, 4.69) is 32.3 Å². The smallest absolute Gasteiger partial charge is 0.124 e. The van der Waals surface area contributed by atoms with Gasteiger partial charge in [-0.05, 0) is 42.8 Å². The molecule has 2 aromatic rings. The van der Waals surface area contributed by atoms with E-state index in [1.165, 1.54) is 12.1 Å². The maximum atomic E-state index is 13.1. The summed E-state index contributed by atoms with van der Waals surface area (Å²) >= 11 is 3.40. The summed E-state index contributed by atoms with van der Waals surface area (Å²) in [5, 5.41) is 3.23. The molecular weight excluding hydrogens is 295 g/mol. The van der Waals surface area contributed by atoms with E-state index >= 15 is 0 Å². The van der Waals surface area contributed by atoms with Gasteiger partial charge >= 0.3 is 0 Å². The van der Waals surface area contributed by atoms with Gasteiger partial charge in [0.15, 0.2) is 0 Å². The van der Waals surface area contributed by atoms with E-state index in [0.29, 0.717) is 0 Å². The first-order valence-corrected chi connectivity index (χ1v) is 6.45. The molecule has 1 aromatic heterocycles. The van der Waals surface area contributed by atoms with Crippen molar-refractivity contribution in [3.05, 3.63) is 63.6 Å². The van der Waals surface area contributed by atoms with Gasteiger partial charge in [-0.1, -0.05) is 28.1 Å². The molecule has 1 heterocycles. The van der Waals surface area contributed by atoms with Crippen LogP contribution in [0.4, 0.5) is 4.39 Å². The third kappa shape index (κ3) is 2.76. The maximum absolute atomic E-state index is 13.1. The van der Waals surface area contributed by atoms with Crippen LogP contribution in [0.1, 0.15) is 22.7 Å². The molecule has 0 saturated carbocycles. The fraction of sp³-hybridized carbons (Fsp3) is 0.214. The fourth-order valence-corrected chi connectivity index (χ4v) is 2.55. The number of aromatic nitrogens is 1. The number of halogens is 2. The highest BCUT2D eigenvalue weighted by Crippen LogP contribution is 2.28. The Morgan fingerprint density at radius 3 is 2.67 bits per heavy atom. The quantitative estimate of drug-likeness (QED) is 0.937. The van der Waals surface area contributed by atoms with Gasteiger partial charge in [-0.25, -0.2) is 4.39 Å². The normalized spacial score (nSPS) is 12.4. The average molecular weight is 309 g/mol. The van der Waals surface area contributed by atoms with Gasteiger partial charge in [-0.3, -0.25) is 4.98 Å². The summed E-state index contributed by atoms with van der Waals surface area (Å²) < 4.78 is 13.9. The molecular formula is C14H14BrFN2. The van der Waals surface area contributed by atoms with Crippen LogP contribution in [0.25, 0.3) is 0 Å². The molecule has 1 aromatic carbocycles. The number of nitrogens with zero attached hydrogens (tertiary/aromatic N) is 1. The topological polar surface area (TPSA) is 24.9 Å². The van der Waals surface area contributed by atoms with Crippen molar-refractivity contribution in [1.29, 1.82) is 0 Å². The van der Waals surface area contributed by atoms with Crippen LogP contribution in [0, 0.1) is 12.7 Å². The third-order valence-electron chi connectivity index (χ3n) is 2.79. The van der Waals surface area contributed by atoms with E-state index < -0.39 is 0 Å². The third-order valence-corrected chi connectivity index (χ3v) is 3.48. The van der Waals surface area contributed by atoms with Crippen LogP contribution in [0.15, 0.2) is 41.1 Å². The van der Waals surface area contributed by atoms with Gasteiger partial charge in [0, 0.05) is 16.9 Å². The number of hydrogen-bond donors (Lipinski definition) is 1. The van der Waals surface area contributed by atoms with Gasteiger partial charge in [0.25, 0.3) is 0 Å². The highest BCUT2D eigenvalue weighted by Gasteiger charge is 2.15. The Kier molecular flexibility index (Phi) is 4.09. The molecule has 0 aliphatic rings. The molecule has 0 radical (unpaired) electrons. The summed E-state index contributed by atoms with van der Waals surface area (Å²) in [4.78, 5) is 4.20. The van der Waals surface area contributed by atoms with Crippen LogP contribution in [-0.4, -0.2) is 12.0 Å². The number of benzene rings is 1. The molecule has 0 amide bonds. The van der Waals surface area contributed by atoms with E-state index in [1.54, 1.807) is 6.07 Å². The molecule has 4 heteroatoms. The van der Waals surface area contributed by atoms with E-state index in [1.807, 2.05) is 26.4 Å². The summed E-state index contributed by atoms with van der Waals surface area (Å²) in [5.41, 5.74) is 3.15. The van der Waals surface area contributed by atoms with E-state index in [9.17, 15) is 4.39 Å². The van der Waals surface area contributed by atoms with E-state index in [0.717, 1.165) is 21.2 Å². The lowest BCUT2D eigenvalue weighted by Crippen LogP contribution is -2.18. The first-order chi connectivity index (χ1) is 8.61. The lowest BCUT2D eigenvalue weighted by atomic mass is 9.99. The molecule has 0 fully saturated rings. The Labute approximate surface area is 114 Å². The van der Waals surface area contributed by atoms with Crippen molar-refractivity contribution < 1.29 is 4.39 Å². The minimum Gasteiger partial charge on any atom is -0.309 e. The Morgan fingerprint density at radius 2 is 2.06 bits per heavy atom. The van der Waals surface area contributed by atoms with Gasteiger partial charge in [-0.2, -0.15) is 0 Å². The second-order valence-electron chi connectivity index (χ2n) is 4.18. The fourth-order valence-electron chi connectivity index (χ4n) is 1.97. The molecule has 0 aliphatic carbocycles. The molecule has 94 valence electrons. The number of aryl methyl sites for hydroxylation is 1. The first kappa shape index (κ1) is 13.2. The number of nitrogens with one attached hydrogen (secondary N) is 1. The summed E-state index contributed by atoms with van der Waals surface area (Å²) in [5.74, 6) is -0.247. The van der Waals surface area contributed by atoms with Crippen LogP contribution in [0.3, 0.4) is 0 Å². The minimum atomic E-state index is -0.247. The van der Waals surface area contributed by atoms with Crippen molar-refractivity contribution in [2.75, 3.05) is 7.05 Å². The van der Waals surface area contributed by atoms with Crippen molar-refractivity contribution in [3.63, 3.8) is 0 Å². The average Bonchev–Trinajstić information content (AvgIpc) is 2.33. The zero-order valence-corrected chi connectivity index (χ0v) is 11.8. The Balaban J connectivity index is 2.45. The number of pyridine rings is 1. The molecule has 0 aliphatic heterocycles. The van der Waals surface area contributed by atoms with Crippen molar-refractivity contribution in [2.45, 2.75) is 13.0 Å². The monoisotopic (exact) mass is 308 g/mol. The predicted octanol–water partition coefficient (Wildman–Crippen LogP) is 3.60. The standard InChI is InChI=1S/C14H14BrFN2/c1-9-5-10(8-18-7-9)14(17-2)12-4-3-11(16)6-13(12)15/h3-8,14,17H,1-2H3. The van der Waals surface area contributed by atoms with Crippen LogP contribution in [0.2, 0.25) is 0 Å². The molecule has 2 rings (SSSR count). The van der Waals surface area contributed by atoms with Crippen LogP contribution in [-0.2, 0) is 0 Å². The van der Waals surface area contributed by atoms with Gasteiger partial charge < -0.3 is 5.32 Å². The zero-order valence-electron chi connectivity index (χ0n) is 10.2. The van der Waals surface area contributed by atoms with E-state index in [-0.39, 0.29) is 11.9 Å². The number of hydrogen-bond acceptors (Lipinski definition) is 2. The van der Waals surface area contributed by atoms with Crippen LogP contribution >= 0.6 is 15.9 Å². The molecule has 18 heavy (non-hydrogen) atoms. The molecule has 1 N–H and O–H groups in total. The molecule has 1 atom stereocenters. The Hall–Kier alpha value is -1.26. The molecule has 1 unspecified atom stereocenters. The highest BCUT2D eigenvalue weighted by atomic mass is 79.9. The lowest BCUT2D eigenvalue weighted by molar-refractivity contribution is 0.621. The maximum Gasteiger partial charge on any atom is 0.124 e. The SMILES string of the molecule is CNC(c1cncc(C)c1)c1ccc(F)cc1Br. The minimum absolute atomic E-state index is 0.00706. The summed E-state index contributed by atoms with van der Waals surface area (Å²) in [6.45, 7) is 2.00. The second-order valence-corrected chi connectivity index (χ2v) is 5.04. The van der Waals surface area contributed by atoms with Gasteiger partial charge in [-0.15, -0.1) is 0 Å². The van der Waals surface area contributed by atoms with E-state index in [4.69, 9.17) is 0 Å². The number of rotatable bonds is 3. The molecule has 2 nitrogen and oxygen atoms in total. The first-order valence-electron chi connectivity index (χ1n) is 5.65. The highest BCUT2D eigenvalue weighted by molar-refractivity contribution is 9.10. The summed E-state index contributed by atoms with van der Waals surface area (Å²) in [6, 6.07) is 6.79. The largest absolute Gasteiger partial charge is 0.309 e. The van der Waals surface area contributed by atoms with Crippen LogP contribution in [0.5, 0.6) is 0 Å². The predicted molar refractivity (Wildman–Crippen MR) is 74.0 cm³/mol. The zero-order chi connectivity index (χ0) is 13.1. The Morgan fingerprint density at radius 1 is 1.28 bits per heavy atom. The van der Waals surface area contributed by atoms with Crippen LogP contribution < -0.4 is 5.32 Å². The van der Waals surface area contributed by atoms with Crippen molar-refractivity contribution >= 4 is 15.9 Å². The lowest BCUT2D eigenvalue weighted by Gasteiger charge is -2.18. The summed E-state index contributed by atoms with van der Waals surface area (Å²) in [6.07, 6.45) is 3.64. The van der Waals surface area contributed by atoms with Gasteiger partial charge in [0.1, 0.15) is 5.82 Å². The van der Waals surface area contributed by atoms with Gasteiger partial charge in [0.05, 0.1) is 6.04 Å². The van der Waals surface area contributed by atoms with Gasteiger partial charge in [0.2, 0.25) is 0 Å². The van der Waals surface area contributed by atoms with Crippen molar-refractivity contribution in [2.24, 2.45) is 0 Å². The van der Waals surface area contributed by atoms with Crippen molar-refractivity contribution in [3.8, 4) is 0 Å². The summed E-state index contributed by atoms with van der Waals surface area (Å²) in [7, 11) is 1.88.